The summed E-state index contributed by atoms with van der Waals surface area (Å²) in [6.07, 6.45) is -0.312. The summed E-state index contributed by atoms with van der Waals surface area (Å²) in [5.74, 6) is 1.92. The van der Waals surface area contributed by atoms with Gasteiger partial charge in [-0.1, -0.05) is 39.7 Å². The maximum atomic E-state index is 6.11. The summed E-state index contributed by atoms with van der Waals surface area (Å²) in [6, 6.07) is 12.6. The van der Waals surface area contributed by atoms with E-state index in [0.717, 1.165) is 4.47 Å². The van der Waals surface area contributed by atoms with Crippen LogP contribution in [0.1, 0.15) is 6.92 Å². The summed E-state index contributed by atoms with van der Waals surface area (Å²) < 4.78 is 12.2. The molecule has 0 amide bonds. The average Bonchev–Trinajstić information content (AvgIpc) is 2.43. The van der Waals surface area contributed by atoms with E-state index in [-0.39, 0.29) is 6.10 Å². The van der Waals surface area contributed by atoms with Crippen molar-refractivity contribution in [2.75, 3.05) is 0 Å². The molecule has 0 saturated carbocycles. The Balaban J connectivity index is 2.07. The second-order valence-corrected chi connectivity index (χ2v) is 6.10. The Morgan fingerprint density at radius 1 is 1.19 bits per heavy atom. The predicted octanol–water partition coefficient (Wildman–Crippen LogP) is 4.95. The van der Waals surface area contributed by atoms with Gasteiger partial charge in [-0.15, -0.1) is 0 Å². The van der Waals surface area contributed by atoms with E-state index in [1.54, 1.807) is 43.3 Å². The highest BCUT2D eigenvalue weighted by molar-refractivity contribution is 9.10. The van der Waals surface area contributed by atoms with Gasteiger partial charge >= 0.3 is 0 Å². The molecule has 0 fully saturated rings. The van der Waals surface area contributed by atoms with Gasteiger partial charge in [-0.05, 0) is 49.4 Å². The molecule has 2 rings (SSSR count). The zero-order valence-corrected chi connectivity index (χ0v) is 14.3. The Morgan fingerprint density at radius 2 is 1.81 bits per heavy atom. The van der Waals surface area contributed by atoms with E-state index in [2.05, 4.69) is 15.9 Å². The van der Waals surface area contributed by atoms with Gasteiger partial charge in [-0.2, -0.15) is 0 Å². The molecular weight excluding hydrogens is 374 g/mol. The largest absolute Gasteiger partial charge is 0.484 e. The van der Waals surface area contributed by atoms with Crippen molar-refractivity contribution in [2.45, 2.75) is 13.0 Å². The molecule has 2 aromatic rings. The van der Waals surface area contributed by atoms with Crippen LogP contribution in [0.4, 0.5) is 0 Å². The Hall–Kier alpha value is -1.30. The second-order valence-electron chi connectivity index (χ2n) is 4.31. The smallest absolute Gasteiger partial charge is 0.146 e. The average molecular weight is 387 g/mol. The number of nitrogens with two attached hydrogens (primary N) is 1. The molecule has 21 heavy (non-hydrogen) atoms. The molecule has 0 saturated heterocycles. The first-order valence-corrected chi connectivity index (χ1v) is 7.72. The minimum atomic E-state index is -0.312. The Morgan fingerprint density at radius 3 is 2.38 bits per heavy atom. The van der Waals surface area contributed by atoms with E-state index < -0.39 is 0 Å². The lowest BCUT2D eigenvalue weighted by atomic mass is 10.3. The van der Waals surface area contributed by atoms with Crippen LogP contribution in [0.5, 0.6) is 17.2 Å². The van der Waals surface area contributed by atoms with Crippen molar-refractivity contribution in [3.63, 3.8) is 0 Å². The zero-order chi connectivity index (χ0) is 15.4. The fourth-order valence-corrected chi connectivity index (χ4v) is 2.29. The normalized spacial score (nSPS) is 11.8. The fraction of sp³-hybridized carbons (Fsp3) is 0.133. The summed E-state index contributed by atoms with van der Waals surface area (Å²) >= 11 is 14.3. The zero-order valence-electron chi connectivity index (χ0n) is 11.2. The van der Waals surface area contributed by atoms with Gasteiger partial charge in [-0.3, -0.25) is 0 Å². The minimum Gasteiger partial charge on any atom is -0.484 e. The van der Waals surface area contributed by atoms with Crippen molar-refractivity contribution in [3.05, 3.63) is 52.0 Å². The van der Waals surface area contributed by atoms with Crippen molar-refractivity contribution in [2.24, 2.45) is 5.73 Å². The van der Waals surface area contributed by atoms with E-state index in [1.165, 1.54) is 0 Å². The maximum absolute atomic E-state index is 6.11. The molecule has 0 spiro atoms. The Bertz CT molecular complexity index is 649. The molecule has 0 aliphatic heterocycles. The molecule has 0 heterocycles. The molecule has 0 aliphatic carbocycles. The highest BCUT2D eigenvalue weighted by atomic mass is 79.9. The minimum absolute atomic E-state index is 0.312. The molecule has 3 nitrogen and oxygen atoms in total. The van der Waals surface area contributed by atoms with Crippen molar-refractivity contribution in [3.8, 4) is 17.2 Å². The van der Waals surface area contributed by atoms with Crippen molar-refractivity contribution in [1.29, 1.82) is 0 Å². The van der Waals surface area contributed by atoms with Gasteiger partial charge in [0.05, 0.1) is 5.02 Å². The van der Waals surface area contributed by atoms with Crippen LogP contribution >= 0.6 is 39.7 Å². The number of thiocarbonyl (C=S) groups is 1. The fourth-order valence-electron chi connectivity index (χ4n) is 1.53. The quantitative estimate of drug-likeness (QED) is 0.739. The topological polar surface area (TPSA) is 44.5 Å². The summed E-state index contributed by atoms with van der Waals surface area (Å²) in [5.41, 5.74) is 5.51. The van der Waals surface area contributed by atoms with E-state index >= 15 is 0 Å². The number of hydrogen-bond acceptors (Lipinski definition) is 3. The molecule has 0 radical (unpaired) electrons. The molecule has 0 bridgehead atoms. The van der Waals surface area contributed by atoms with Gasteiger partial charge in [-0.25, -0.2) is 0 Å². The Labute approximate surface area is 142 Å². The second kappa shape index (κ2) is 7.11. The standard InChI is InChI=1S/C15H13BrClNO2S/c1-9(15(18)21)19-11-3-5-12(6-4-11)20-14-7-2-10(16)8-13(14)17/h2-9H,1H3,(H2,18,21). The Kier molecular flexibility index (Phi) is 5.45. The molecule has 110 valence electrons. The van der Waals surface area contributed by atoms with Crippen LogP contribution in [-0.4, -0.2) is 11.1 Å². The number of ether oxygens (including phenoxy) is 2. The first-order valence-electron chi connectivity index (χ1n) is 6.14. The number of halogens is 2. The summed E-state index contributed by atoms with van der Waals surface area (Å²) in [5, 5.41) is 0.534. The third-order valence-corrected chi connectivity index (χ3v) is 3.78. The van der Waals surface area contributed by atoms with Crippen LogP contribution in [0.15, 0.2) is 46.9 Å². The third-order valence-electron chi connectivity index (χ3n) is 2.66. The molecule has 0 aliphatic rings. The van der Waals surface area contributed by atoms with Crippen LogP contribution in [0, 0.1) is 0 Å². The predicted molar refractivity (Wildman–Crippen MR) is 92.5 cm³/mol. The number of benzene rings is 2. The highest BCUT2D eigenvalue weighted by Crippen LogP contribution is 2.32. The van der Waals surface area contributed by atoms with Crippen LogP contribution in [0.2, 0.25) is 5.02 Å². The number of hydrogen-bond donors (Lipinski definition) is 1. The van der Waals surface area contributed by atoms with Crippen molar-refractivity contribution in [1.82, 2.24) is 0 Å². The SMILES string of the molecule is CC(Oc1ccc(Oc2ccc(Br)cc2Cl)cc1)C(N)=S. The van der Waals surface area contributed by atoms with Gasteiger partial charge < -0.3 is 15.2 Å². The lowest BCUT2D eigenvalue weighted by Crippen LogP contribution is -2.28. The van der Waals surface area contributed by atoms with Crippen LogP contribution in [0.25, 0.3) is 0 Å². The molecular formula is C15H13BrClNO2S. The van der Waals surface area contributed by atoms with Gasteiger partial charge in [0.2, 0.25) is 0 Å². The van der Waals surface area contributed by atoms with Crippen molar-refractivity contribution >= 4 is 44.7 Å². The molecule has 0 aromatic heterocycles. The molecule has 2 aromatic carbocycles. The van der Waals surface area contributed by atoms with E-state index in [9.17, 15) is 0 Å². The molecule has 2 N–H and O–H groups in total. The van der Waals surface area contributed by atoms with Gasteiger partial charge in [0.15, 0.2) is 0 Å². The first-order chi connectivity index (χ1) is 9.95. The van der Waals surface area contributed by atoms with Crippen LogP contribution < -0.4 is 15.2 Å². The van der Waals surface area contributed by atoms with Crippen molar-refractivity contribution < 1.29 is 9.47 Å². The number of rotatable bonds is 5. The van der Waals surface area contributed by atoms with Gasteiger partial charge in [0.25, 0.3) is 0 Å². The van der Waals surface area contributed by atoms with E-state index in [0.29, 0.717) is 27.3 Å². The third kappa shape index (κ3) is 4.59. The van der Waals surface area contributed by atoms with Gasteiger partial charge in [0.1, 0.15) is 28.3 Å². The molecule has 6 heteroatoms. The highest BCUT2D eigenvalue weighted by Gasteiger charge is 2.08. The van der Waals surface area contributed by atoms with E-state index in [1.807, 2.05) is 6.07 Å². The van der Waals surface area contributed by atoms with Crippen LogP contribution in [0.3, 0.4) is 0 Å². The lowest BCUT2D eigenvalue weighted by Gasteiger charge is -2.13. The van der Waals surface area contributed by atoms with Crippen LogP contribution in [-0.2, 0) is 0 Å². The van der Waals surface area contributed by atoms with Gasteiger partial charge in [0, 0.05) is 4.47 Å². The lowest BCUT2D eigenvalue weighted by molar-refractivity contribution is 0.288. The molecule has 1 atom stereocenters. The summed E-state index contributed by atoms with van der Waals surface area (Å²) in [6.45, 7) is 1.80. The summed E-state index contributed by atoms with van der Waals surface area (Å²) in [7, 11) is 0. The first kappa shape index (κ1) is 16.1. The van der Waals surface area contributed by atoms with E-state index in [4.69, 9.17) is 39.0 Å². The molecule has 1 unspecified atom stereocenters. The maximum Gasteiger partial charge on any atom is 0.146 e. The monoisotopic (exact) mass is 385 g/mol. The summed E-state index contributed by atoms with van der Waals surface area (Å²) in [4.78, 5) is 0.317.